The maximum atomic E-state index is 13.4. The molecule has 3 atom stereocenters. The molecule has 8 nitrogen and oxygen atoms in total. The first-order chi connectivity index (χ1) is 19.7. The molecule has 0 bridgehead atoms. The number of nitrogens with zero attached hydrogens (tertiary/aromatic N) is 1. The number of likely N-dealkylation sites (N-methyl/N-ethyl adjacent to an activating group) is 1. The third-order valence-electron chi connectivity index (χ3n) is 7.74. The Morgan fingerprint density at radius 1 is 1.02 bits per heavy atom. The molecule has 2 aromatic carbocycles. The fourth-order valence-electron chi connectivity index (χ4n) is 5.38. The van der Waals surface area contributed by atoms with Gasteiger partial charge in [0, 0.05) is 24.5 Å². The number of aliphatic hydroxyl groups is 1. The molecule has 1 aliphatic carbocycles. The lowest BCUT2D eigenvalue weighted by molar-refractivity contribution is -0.134. The van der Waals surface area contributed by atoms with Crippen molar-refractivity contribution in [1.82, 2.24) is 15.5 Å². The fraction of sp³-hybridized carbons (Fsp3) is 0.531. The topological polar surface area (TPSA) is 108 Å². The molecule has 0 radical (unpaired) electrons. The molecule has 9 heteroatoms. The number of amides is 3. The summed E-state index contributed by atoms with van der Waals surface area (Å²) in [5.41, 5.74) is 1.90. The van der Waals surface area contributed by atoms with Gasteiger partial charge in [0.1, 0.15) is 12.6 Å². The van der Waals surface area contributed by atoms with Crippen molar-refractivity contribution in [1.29, 1.82) is 0 Å². The highest BCUT2D eigenvalue weighted by atomic mass is 35.5. The minimum absolute atomic E-state index is 0.0286. The normalized spacial score (nSPS) is 15.8. The SMILES string of the molecule is CC(C[C@@H](CO)NC(=O)[C@H](CC1CCCCC1)NC(=O)OCc1cccc(Cl)c1)C(=O)N(C)CCc1ccccc1. The predicted molar refractivity (Wildman–Crippen MR) is 160 cm³/mol. The lowest BCUT2D eigenvalue weighted by Crippen LogP contribution is -2.52. The molecule has 1 fully saturated rings. The van der Waals surface area contributed by atoms with E-state index in [2.05, 4.69) is 10.6 Å². The first-order valence-corrected chi connectivity index (χ1v) is 15.0. The minimum atomic E-state index is -0.807. The first-order valence-electron chi connectivity index (χ1n) is 14.6. The first kappa shape index (κ1) is 32.4. The smallest absolute Gasteiger partial charge is 0.408 e. The Morgan fingerprint density at radius 2 is 1.73 bits per heavy atom. The summed E-state index contributed by atoms with van der Waals surface area (Å²) in [7, 11) is 1.77. The van der Waals surface area contributed by atoms with Crippen molar-refractivity contribution in [2.75, 3.05) is 20.2 Å². The summed E-state index contributed by atoms with van der Waals surface area (Å²) in [5.74, 6) is -0.513. The molecule has 0 aromatic heterocycles. The molecule has 3 rings (SSSR count). The molecule has 0 aliphatic heterocycles. The van der Waals surface area contributed by atoms with Gasteiger partial charge in [0.2, 0.25) is 11.8 Å². The van der Waals surface area contributed by atoms with Gasteiger partial charge < -0.3 is 25.4 Å². The maximum Gasteiger partial charge on any atom is 0.408 e. The van der Waals surface area contributed by atoms with Crippen molar-refractivity contribution in [3.63, 3.8) is 0 Å². The van der Waals surface area contributed by atoms with Crippen molar-refractivity contribution in [2.45, 2.75) is 77.0 Å². The number of ether oxygens (including phenoxy) is 1. The van der Waals surface area contributed by atoms with Crippen LogP contribution in [0.4, 0.5) is 4.79 Å². The molecule has 224 valence electrons. The molecule has 3 N–H and O–H groups in total. The number of nitrogens with one attached hydrogen (secondary N) is 2. The number of benzene rings is 2. The molecule has 0 saturated heterocycles. The van der Waals surface area contributed by atoms with E-state index in [0.717, 1.165) is 43.2 Å². The van der Waals surface area contributed by atoms with Crippen LogP contribution in [0.1, 0.15) is 63.0 Å². The van der Waals surface area contributed by atoms with Crippen LogP contribution < -0.4 is 10.6 Å². The summed E-state index contributed by atoms with van der Waals surface area (Å²) in [6.45, 7) is 2.10. The Morgan fingerprint density at radius 3 is 2.41 bits per heavy atom. The number of carbonyl (C=O) groups is 3. The zero-order valence-electron chi connectivity index (χ0n) is 24.2. The van der Waals surface area contributed by atoms with Crippen molar-refractivity contribution < 1.29 is 24.2 Å². The van der Waals surface area contributed by atoms with E-state index in [1.807, 2.05) is 30.3 Å². The van der Waals surface area contributed by atoms with Crippen LogP contribution in [0, 0.1) is 11.8 Å². The molecule has 0 heterocycles. The number of carbonyl (C=O) groups excluding carboxylic acids is 3. The average Bonchev–Trinajstić information content (AvgIpc) is 2.98. The van der Waals surface area contributed by atoms with Crippen molar-refractivity contribution in [2.24, 2.45) is 11.8 Å². The van der Waals surface area contributed by atoms with Gasteiger partial charge in [-0.1, -0.05) is 93.1 Å². The van der Waals surface area contributed by atoms with E-state index in [1.54, 1.807) is 43.1 Å². The van der Waals surface area contributed by atoms with Gasteiger partial charge in [-0.25, -0.2) is 4.79 Å². The van der Waals surface area contributed by atoms with E-state index in [-0.39, 0.29) is 31.4 Å². The van der Waals surface area contributed by atoms with Gasteiger partial charge in [-0.15, -0.1) is 0 Å². The Balaban J connectivity index is 1.55. The third-order valence-corrected chi connectivity index (χ3v) is 7.98. The summed E-state index contributed by atoms with van der Waals surface area (Å²) in [6.07, 6.45) is 6.24. The Bertz CT molecular complexity index is 1110. The largest absolute Gasteiger partial charge is 0.445 e. The van der Waals surface area contributed by atoms with Crippen LogP contribution in [0.3, 0.4) is 0 Å². The van der Waals surface area contributed by atoms with Crippen LogP contribution in [0.5, 0.6) is 0 Å². The van der Waals surface area contributed by atoms with E-state index >= 15 is 0 Å². The van der Waals surface area contributed by atoms with E-state index in [9.17, 15) is 19.5 Å². The number of rotatable bonds is 14. The number of hydrogen-bond acceptors (Lipinski definition) is 5. The molecule has 3 amide bonds. The predicted octanol–water partition coefficient (Wildman–Crippen LogP) is 5.11. The van der Waals surface area contributed by atoms with Crippen LogP contribution in [-0.2, 0) is 27.4 Å². The van der Waals surface area contributed by atoms with Crippen LogP contribution in [0.2, 0.25) is 5.02 Å². The number of aliphatic hydroxyl groups excluding tert-OH is 1. The van der Waals surface area contributed by atoms with Gasteiger partial charge in [-0.05, 0) is 48.4 Å². The second-order valence-electron chi connectivity index (χ2n) is 11.2. The summed E-state index contributed by atoms with van der Waals surface area (Å²) in [5, 5.41) is 16.2. The van der Waals surface area contributed by atoms with Crippen molar-refractivity contribution in [3.05, 3.63) is 70.7 Å². The lowest BCUT2D eigenvalue weighted by atomic mass is 9.84. The van der Waals surface area contributed by atoms with Gasteiger partial charge in [-0.3, -0.25) is 9.59 Å². The van der Waals surface area contributed by atoms with Crippen LogP contribution in [-0.4, -0.2) is 60.2 Å². The maximum absolute atomic E-state index is 13.4. The van der Waals surface area contributed by atoms with Crippen molar-refractivity contribution >= 4 is 29.5 Å². The third kappa shape index (κ3) is 11.4. The zero-order valence-corrected chi connectivity index (χ0v) is 24.9. The van der Waals surface area contributed by atoms with Gasteiger partial charge in [0.15, 0.2) is 0 Å². The molecule has 2 aromatic rings. The van der Waals surface area contributed by atoms with E-state index in [0.29, 0.717) is 23.9 Å². The lowest BCUT2D eigenvalue weighted by Gasteiger charge is -2.29. The molecule has 1 saturated carbocycles. The van der Waals surface area contributed by atoms with Gasteiger partial charge in [-0.2, -0.15) is 0 Å². The fourth-order valence-corrected chi connectivity index (χ4v) is 5.60. The molecule has 0 spiro atoms. The van der Waals surface area contributed by atoms with Crippen LogP contribution in [0.15, 0.2) is 54.6 Å². The highest BCUT2D eigenvalue weighted by Crippen LogP contribution is 2.27. The van der Waals surface area contributed by atoms with E-state index in [4.69, 9.17) is 16.3 Å². The molecule has 1 aliphatic rings. The summed E-state index contributed by atoms with van der Waals surface area (Å²) < 4.78 is 5.37. The van der Waals surface area contributed by atoms with Crippen LogP contribution in [0.25, 0.3) is 0 Å². The van der Waals surface area contributed by atoms with Gasteiger partial charge >= 0.3 is 6.09 Å². The Labute approximate surface area is 248 Å². The molecular formula is C32H44ClN3O5. The number of hydrogen-bond donors (Lipinski definition) is 3. The van der Waals surface area contributed by atoms with E-state index < -0.39 is 24.1 Å². The summed E-state index contributed by atoms with van der Waals surface area (Å²) >= 11 is 6.02. The molecule has 1 unspecified atom stereocenters. The molecule has 41 heavy (non-hydrogen) atoms. The van der Waals surface area contributed by atoms with Gasteiger partial charge in [0.05, 0.1) is 12.6 Å². The quantitative estimate of drug-likeness (QED) is 0.286. The average molecular weight is 586 g/mol. The van der Waals surface area contributed by atoms with E-state index in [1.165, 1.54) is 6.42 Å². The highest BCUT2D eigenvalue weighted by Gasteiger charge is 2.29. The minimum Gasteiger partial charge on any atom is -0.445 e. The monoisotopic (exact) mass is 585 g/mol. The Hall–Kier alpha value is -3.10. The Kier molecular flexibility index (Phi) is 13.4. The molecular weight excluding hydrogens is 542 g/mol. The second-order valence-corrected chi connectivity index (χ2v) is 11.6. The summed E-state index contributed by atoms with van der Waals surface area (Å²) in [6, 6.07) is 15.6. The zero-order chi connectivity index (χ0) is 29.6. The van der Waals surface area contributed by atoms with Gasteiger partial charge in [0.25, 0.3) is 0 Å². The number of alkyl carbamates (subject to hydrolysis) is 1. The second kappa shape index (κ2) is 17.0. The number of halogens is 1. The van der Waals surface area contributed by atoms with Crippen molar-refractivity contribution in [3.8, 4) is 0 Å². The highest BCUT2D eigenvalue weighted by molar-refractivity contribution is 6.30. The standard InChI is InChI=1S/C32H44ClN3O5/c1-23(31(39)36(2)17-16-24-10-5-3-6-11-24)18-28(21-37)34-30(38)29(20-25-12-7-4-8-13-25)35-32(40)41-22-26-14-9-15-27(33)19-26/h3,5-6,9-11,14-15,19,23,25,28-29,37H,4,7-8,12-13,16-18,20-22H2,1-2H3,(H,34,38)(H,35,40)/t23?,28-,29-/m0/s1. The summed E-state index contributed by atoms with van der Waals surface area (Å²) in [4.78, 5) is 40.7. The van der Waals surface area contributed by atoms with Crippen LogP contribution >= 0.6 is 11.6 Å².